The van der Waals surface area contributed by atoms with Crippen LogP contribution in [0.25, 0.3) is 10.9 Å². The first-order valence-electron chi connectivity index (χ1n) is 5.53. The number of carbonyl (C=O) groups excluding carboxylic acids is 1. The Bertz CT molecular complexity index is 560. The number of Topliss-reactive ketones (excluding diaryl/α,β-unsaturated/α-hetero) is 1. The van der Waals surface area contributed by atoms with Crippen molar-refractivity contribution in [3.8, 4) is 0 Å². The molecule has 0 unspecified atom stereocenters. The van der Waals surface area contributed by atoms with E-state index in [1.165, 1.54) is 0 Å². The number of aryl methyl sites for hydroxylation is 1. The van der Waals surface area contributed by atoms with Crippen molar-refractivity contribution in [3.63, 3.8) is 0 Å². The Morgan fingerprint density at radius 2 is 2.24 bits per heavy atom. The largest absolute Gasteiger partial charge is 0.396 e. The fraction of sp³-hybridized carbons (Fsp3) is 0.308. The van der Waals surface area contributed by atoms with Crippen molar-refractivity contribution in [2.24, 2.45) is 0 Å². The van der Waals surface area contributed by atoms with Gasteiger partial charge in [-0.1, -0.05) is 17.7 Å². The molecule has 0 radical (unpaired) electrons. The summed E-state index contributed by atoms with van der Waals surface area (Å²) in [7, 11) is 0. The quantitative estimate of drug-likeness (QED) is 0.849. The van der Waals surface area contributed by atoms with E-state index in [-0.39, 0.29) is 12.4 Å². The predicted molar refractivity (Wildman–Crippen MR) is 68.7 cm³/mol. The van der Waals surface area contributed by atoms with E-state index >= 15 is 0 Å². The van der Waals surface area contributed by atoms with Crippen LogP contribution in [0.3, 0.4) is 0 Å². The molecule has 0 aliphatic carbocycles. The van der Waals surface area contributed by atoms with E-state index in [0.717, 1.165) is 10.9 Å². The molecule has 90 valence electrons. The molecule has 0 saturated carbocycles. The third kappa shape index (κ3) is 2.35. The van der Waals surface area contributed by atoms with Gasteiger partial charge in [-0.15, -0.1) is 0 Å². The highest BCUT2D eigenvalue weighted by molar-refractivity contribution is 6.31. The van der Waals surface area contributed by atoms with Gasteiger partial charge in [-0.3, -0.25) is 4.79 Å². The molecule has 0 aliphatic rings. The van der Waals surface area contributed by atoms with Crippen molar-refractivity contribution in [2.45, 2.75) is 19.9 Å². The second-order valence-electron chi connectivity index (χ2n) is 4.03. The Morgan fingerprint density at radius 3 is 2.88 bits per heavy atom. The van der Waals surface area contributed by atoms with E-state index < -0.39 is 0 Å². The standard InChI is InChI=1S/C13H14ClNO2/c1-9(17)12-8-15(5-2-6-16)13-7-10(14)3-4-11(12)13/h3-4,7-8,16H,2,5-6H2,1H3. The van der Waals surface area contributed by atoms with Crippen molar-refractivity contribution in [1.82, 2.24) is 4.57 Å². The molecule has 0 aliphatic heterocycles. The molecular formula is C13H14ClNO2. The van der Waals surface area contributed by atoms with Gasteiger partial charge in [0, 0.05) is 35.3 Å². The van der Waals surface area contributed by atoms with Crippen molar-refractivity contribution in [1.29, 1.82) is 0 Å². The summed E-state index contributed by atoms with van der Waals surface area (Å²) in [6.07, 6.45) is 2.49. The number of aliphatic hydroxyl groups excluding tert-OH is 1. The Labute approximate surface area is 105 Å². The van der Waals surface area contributed by atoms with Crippen LogP contribution in [0.4, 0.5) is 0 Å². The zero-order valence-electron chi connectivity index (χ0n) is 9.61. The monoisotopic (exact) mass is 251 g/mol. The molecule has 2 rings (SSSR count). The van der Waals surface area contributed by atoms with E-state index in [4.69, 9.17) is 16.7 Å². The molecule has 17 heavy (non-hydrogen) atoms. The average Bonchev–Trinajstić information content (AvgIpc) is 2.64. The van der Waals surface area contributed by atoms with Crippen molar-refractivity contribution >= 4 is 28.3 Å². The second kappa shape index (κ2) is 4.90. The minimum Gasteiger partial charge on any atom is -0.396 e. The lowest BCUT2D eigenvalue weighted by Crippen LogP contribution is -1.98. The number of aromatic nitrogens is 1. The normalized spacial score (nSPS) is 11.0. The van der Waals surface area contributed by atoms with Gasteiger partial charge in [-0.05, 0) is 25.5 Å². The Kier molecular flexibility index (Phi) is 3.50. The summed E-state index contributed by atoms with van der Waals surface area (Å²) >= 11 is 5.97. The summed E-state index contributed by atoms with van der Waals surface area (Å²) in [4.78, 5) is 11.5. The van der Waals surface area contributed by atoms with Crippen molar-refractivity contribution in [2.75, 3.05) is 6.61 Å². The van der Waals surface area contributed by atoms with Gasteiger partial charge in [0.1, 0.15) is 0 Å². The molecule has 1 aromatic heterocycles. The first kappa shape index (κ1) is 12.1. The van der Waals surface area contributed by atoms with Crippen LogP contribution in [0.5, 0.6) is 0 Å². The molecule has 1 heterocycles. The Hall–Kier alpha value is -1.32. The number of carbonyl (C=O) groups is 1. The average molecular weight is 252 g/mol. The number of ketones is 1. The number of halogens is 1. The highest BCUT2D eigenvalue weighted by atomic mass is 35.5. The highest BCUT2D eigenvalue weighted by Gasteiger charge is 2.11. The fourth-order valence-electron chi connectivity index (χ4n) is 1.97. The maximum atomic E-state index is 11.5. The fourth-order valence-corrected chi connectivity index (χ4v) is 2.14. The zero-order chi connectivity index (χ0) is 12.4. The van der Waals surface area contributed by atoms with Gasteiger partial charge in [-0.25, -0.2) is 0 Å². The summed E-state index contributed by atoms with van der Waals surface area (Å²) in [5.74, 6) is 0.0417. The molecular weight excluding hydrogens is 238 g/mol. The van der Waals surface area contributed by atoms with Crippen LogP contribution >= 0.6 is 11.6 Å². The molecule has 2 aromatic rings. The van der Waals surface area contributed by atoms with E-state index in [9.17, 15) is 4.79 Å². The number of hydrogen-bond acceptors (Lipinski definition) is 2. The Balaban J connectivity index is 2.58. The zero-order valence-corrected chi connectivity index (χ0v) is 10.4. The third-order valence-electron chi connectivity index (χ3n) is 2.78. The summed E-state index contributed by atoms with van der Waals surface area (Å²) < 4.78 is 1.97. The maximum absolute atomic E-state index is 11.5. The number of fused-ring (bicyclic) bond motifs is 1. The number of hydrogen-bond donors (Lipinski definition) is 1. The molecule has 1 aromatic carbocycles. The van der Waals surface area contributed by atoms with Crippen LogP contribution in [0.2, 0.25) is 5.02 Å². The van der Waals surface area contributed by atoms with E-state index in [0.29, 0.717) is 23.6 Å². The van der Waals surface area contributed by atoms with Crippen LogP contribution in [0, 0.1) is 0 Å². The molecule has 4 heteroatoms. The molecule has 0 amide bonds. The van der Waals surface area contributed by atoms with Gasteiger partial charge in [0.2, 0.25) is 0 Å². The molecule has 0 fully saturated rings. The van der Waals surface area contributed by atoms with Crippen LogP contribution in [-0.2, 0) is 6.54 Å². The smallest absolute Gasteiger partial charge is 0.161 e. The van der Waals surface area contributed by atoms with Crippen molar-refractivity contribution in [3.05, 3.63) is 35.0 Å². The van der Waals surface area contributed by atoms with Crippen LogP contribution < -0.4 is 0 Å². The number of rotatable bonds is 4. The summed E-state index contributed by atoms with van der Waals surface area (Å²) in [6, 6.07) is 5.50. The van der Waals surface area contributed by atoms with Gasteiger partial charge < -0.3 is 9.67 Å². The minimum absolute atomic E-state index is 0.0417. The van der Waals surface area contributed by atoms with E-state index in [2.05, 4.69) is 0 Å². The lowest BCUT2D eigenvalue weighted by Gasteiger charge is -2.03. The summed E-state index contributed by atoms with van der Waals surface area (Å²) in [6.45, 7) is 2.37. The molecule has 0 spiro atoms. The van der Waals surface area contributed by atoms with Gasteiger partial charge in [0.15, 0.2) is 5.78 Å². The lowest BCUT2D eigenvalue weighted by molar-refractivity contribution is 0.101. The predicted octanol–water partition coefficient (Wildman–Crippen LogP) is 2.88. The van der Waals surface area contributed by atoms with Gasteiger partial charge >= 0.3 is 0 Å². The van der Waals surface area contributed by atoms with Crippen LogP contribution in [0.15, 0.2) is 24.4 Å². The lowest BCUT2D eigenvalue weighted by atomic mass is 10.1. The number of benzene rings is 1. The van der Waals surface area contributed by atoms with E-state index in [1.807, 2.05) is 22.9 Å². The van der Waals surface area contributed by atoms with Gasteiger partial charge in [0.05, 0.1) is 5.52 Å². The SMILES string of the molecule is CC(=O)c1cn(CCCO)c2cc(Cl)ccc12. The van der Waals surface area contributed by atoms with E-state index in [1.54, 1.807) is 13.0 Å². The third-order valence-corrected chi connectivity index (χ3v) is 3.02. The van der Waals surface area contributed by atoms with Crippen LogP contribution in [0.1, 0.15) is 23.7 Å². The molecule has 0 bridgehead atoms. The number of nitrogens with zero attached hydrogens (tertiary/aromatic N) is 1. The minimum atomic E-state index is 0.0417. The Morgan fingerprint density at radius 1 is 1.47 bits per heavy atom. The summed E-state index contributed by atoms with van der Waals surface area (Å²) in [5.41, 5.74) is 1.64. The first-order valence-corrected chi connectivity index (χ1v) is 5.91. The molecule has 1 N–H and O–H groups in total. The van der Waals surface area contributed by atoms with Gasteiger partial charge in [-0.2, -0.15) is 0 Å². The van der Waals surface area contributed by atoms with Crippen molar-refractivity contribution < 1.29 is 9.90 Å². The topological polar surface area (TPSA) is 42.2 Å². The van der Waals surface area contributed by atoms with Gasteiger partial charge in [0.25, 0.3) is 0 Å². The molecule has 0 saturated heterocycles. The van der Waals surface area contributed by atoms with Crippen LogP contribution in [-0.4, -0.2) is 22.1 Å². The molecule has 0 atom stereocenters. The maximum Gasteiger partial charge on any atom is 0.161 e. The highest BCUT2D eigenvalue weighted by Crippen LogP contribution is 2.25. The summed E-state index contributed by atoms with van der Waals surface area (Å²) in [5, 5.41) is 10.4. The molecule has 3 nitrogen and oxygen atoms in total. The second-order valence-corrected chi connectivity index (χ2v) is 4.47. The number of aliphatic hydroxyl groups is 1. The first-order chi connectivity index (χ1) is 8.13.